The van der Waals surface area contributed by atoms with E-state index < -0.39 is 16.1 Å². The number of benzene rings is 1. The number of nitrogens with zero attached hydrogens (tertiary/aromatic N) is 2. The van der Waals surface area contributed by atoms with Crippen molar-refractivity contribution in [1.82, 2.24) is 14.5 Å². The molecule has 0 saturated carbocycles. The summed E-state index contributed by atoms with van der Waals surface area (Å²) < 4.78 is 40.5. The van der Waals surface area contributed by atoms with E-state index in [0.717, 1.165) is 42.5 Å². The number of anilines is 1. The number of ether oxygens (including phenoxy) is 2. The Bertz CT molecular complexity index is 1110. The minimum atomic E-state index is -4.14. The molecule has 0 fully saturated rings. The molecule has 0 bridgehead atoms. The lowest BCUT2D eigenvalue weighted by Gasteiger charge is -2.32. The average molecular weight is 433 g/mol. The van der Waals surface area contributed by atoms with Gasteiger partial charge in [0.2, 0.25) is 5.88 Å². The van der Waals surface area contributed by atoms with Gasteiger partial charge in [0.25, 0.3) is 10.0 Å². The fourth-order valence-corrected chi connectivity index (χ4v) is 5.22. The second kappa shape index (κ2) is 6.98. The maximum Gasteiger partial charge on any atom is 0.333 e. The Morgan fingerprint density at radius 2 is 1.93 bits per heavy atom. The van der Waals surface area contributed by atoms with Crippen LogP contribution < -0.4 is 14.8 Å². The van der Waals surface area contributed by atoms with Crippen LogP contribution in [-0.2, 0) is 47.0 Å². The highest BCUT2D eigenvalue weighted by atomic mass is 32.2. The van der Waals surface area contributed by atoms with E-state index in [1.54, 1.807) is 0 Å². The van der Waals surface area contributed by atoms with Gasteiger partial charge in [0.05, 0.1) is 18.8 Å². The Labute approximate surface area is 174 Å². The van der Waals surface area contributed by atoms with E-state index >= 15 is 0 Å². The monoisotopic (exact) mass is 432 g/mol. The van der Waals surface area contributed by atoms with Gasteiger partial charge in [0.1, 0.15) is 12.7 Å². The van der Waals surface area contributed by atoms with Gasteiger partial charge in [-0.3, -0.25) is 0 Å². The van der Waals surface area contributed by atoms with E-state index in [4.69, 9.17) is 9.47 Å². The fourth-order valence-electron chi connectivity index (χ4n) is 4.24. The highest BCUT2D eigenvalue weighted by Crippen LogP contribution is 2.40. The molecule has 2 aromatic rings. The van der Waals surface area contributed by atoms with Gasteiger partial charge in [0, 0.05) is 5.69 Å². The summed E-state index contributed by atoms with van der Waals surface area (Å²) in [6, 6.07) is 1.42. The molecule has 2 heterocycles. The molecule has 2 N–H and O–H groups in total. The van der Waals surface area contributed by atoms with Crippen LogP contribution in [0.25, 0.3) is 0 Å². The van der Waals surface area contributed by atoms with Crippen LogP contribution in [-0.4, -0.2) is 43.0 Å². The van der Waals surface area contributed by atoms with Gasteiger partial charge in [-0.2, -0.15) is 5.10 Å². The number of sulfonamides is 1. The van der Waals surface area contributed by atoms with Crippen LogP contribution >= 0.6 is 0 Å². The number of aromatic nitrogens is 2. The molecule has 9 nitrogen and oxygen atoms in total. The number of carbonyl (C=O) groups excluding carboxylic acids is 1. The van der Waals surface area contributed by atoms with Crippen LogP contribution in [0.2, 0.25) is 0 Å². The summed E-state index contributed by atoms with van der Waals surface area (Å²) in [5, 5.41) is 6.87. The molecule has 1 atom stereocenters. The molecule has 2 aliphatic carbocycles. The molecule has 0 spiro atoms. The zero-order chi connectivity index (χ0) is 21.0. The molecule has 5 rings (SSSR count). The smallest absolute Gasteiger partial charge is 0.333 e. The second-order valence-corrected chi connectivity index (χ2v) is 9.85. The maximum absolute atomic E-state index is 12.8. The highest BCUT2D eigenvalue weighted by molar-refractivity contribution is 7.90. The summed E-state index contributed by atoms with van der Waals surface area (Å²) in [5.41, 5.74) is 5.48. The first-order valence-corrected chi connectivity index (χ1v) is 11.6. The third-order valence-corrected chi connectivity index (χ3v) is 7.09. The lowest BCUT2D eigenvalue weighted by Crippen LogP contribution is -2.37. The van der Waals surface area contributed by atoms with E-state index in [1.807, 2.05) is 13.8 Å². The summed E-state index contributed by atoms with van der Waals surface area (Å²) >= 11 is 0. The summed E-state index contributed by atoms with van der Waals surface area (Å²) in [5.74, 6) is 0.117. The standard InChI is InChI=1S/C20H24N4O5S/c1-11(2)29-14-9-24-19(28-10-14)17(8-21-24)30(26,27)23-20(25)22-18-15-5-3-12(15)7-13-4-6-16(13)18/h7-8,11,14H,3-6,9-10H2,1-2H3,(H2,22,23,25). The van der Waals surface area contributed by atoms with Crippen LogP contribution in [0, 0.1) is 0 Å². The number of fused-ring (bicyclic) bond motifs is 3. The van der Waals surface area contributed by atoms with Gasteiger partial charge in [-0.05, 0) is 61.8 Å². The van der Waals surface area contributed by atoms with Crippen molar-refractivity contribution in [3.63, 3.8) is 0 Å². The highest BCUT2D eigenvalue weighted by Gasteiger charge is 2.33. The van der Waals surface area contributed by atoms with Gasteiger partial charge in [-0.25, -0.2) is 22.6 Å². The van der Waals surface area contributed by atoms with Crippen molar-refractivity contribution in [3.8, 4) is 5.88 Å². The Morgan fingerprint density at radius 3 is 2.53 bits per heavy atom. The molecule has 0 radical (unpaired) electrons. The number of amides is 2. The Hall–Kier alpha value is -2.59. The molecule has 10 heteroatoms. The third-order valence-electron chi connectivity index (χ3n) is 5.78. The molecule has 1 aromatic heterocycles. The van der Waals surface area contributed by atoms with E-state index in [1.165, 1.54) is 22.0 Å². The maximum atomic E-state index is 12.8. The number of aryl methyl sites for hydroxylation is 2. The van der Waals surface area contributed by atoms with Crippen LogP contribution in [0.1, 0.15) is 36.1 Å². The zero-order valence-electron chi connectivity index (χ0n) is 16.9. The summed E-state index contributed by atoms with van der Waals surface area (Å²) in [4.78, 5) is 12.4. The van der Waals surface area contributed by atoms with Crippen molar-refractivity contribution in [2.75, 3.05) is 11.9 Å². The van der Waals surface area contributed by atoms with Crippen molar-refractivity contribution in [2.45, 2.75) is 63.2 Å². The number of rotatable bonds is 5. The van der Waals surface area contributed by atoms with Crippen LogP contribution in [0.5, 0.6) is 5.88 Å². The third kappa shape index (κ3) is 3.24. The number of carbonyl (C=O) groups is 1. The average Bonchev–Trinajstić information content (AvgIpc) is 3.02. The quantitative estimate of drug-likeness (QED) is 0.745. The first kappa shape index (κ1) is 19.4. The second-order valence-electron chi connectivity index (χ2n) is 8.20. The Kier molecular flexibility index (Phi) is 4.51. The van der Waals surface area contributed by atoms with Crippen LogP contribution in [0.4, 0.5) is 10.5 Å². The fraction of sp³-hybridized carbons (Fsp3) is 0.500. The lowest BCUT2D eigenvalue weighted by atomic mass is 9.76. The molecule has 160 valence electrons. The van der Waals surface area contributed by atoms with E-state index in [0.29, 0.717) is 6.54 Å². The van der Waals surface area contributed by atoms with Gasteiger partial charge in [0.15, 0.2) is 4.90 Å². The van der Waals surface area contributed by atoms with E-state index in [9.17, 15) is 13.2 Å². The first-order valence-electron chi connectivity index (χ1n) is 10.2. The molecule has 0 saturated heterocycles. The van der Waals surface area contributed by atoms with Crippen LogP contribution in [0.15, 0.2) is 17.2 Å². The number of hydrogen-bond acceptors (Lipinski definition) is 6. The molecular weight excluding hydrogens is 408 g/mol. The van der Waals surface area contributed by atoms with Crippen molar-refractivity contribution in [2.24, 2.45) is 0 Å². The summed E-state index contributed by atoms with van der Waals surface area (Å²) in [6.45, 7) is 4.45. The predicted octanol–water partition coefficient (Wildman–Crippen LogP) is 1.78. The number of urea groups is 1. The van der Waals surface area contributed by atoms with Crippen molar-refractivity contribution in [3.05, 3.63) is 34.5 Å². The molecule has 1 aromatic carbocycles. The molecule has 3 aliphatic rings. The van der Waals surface area contributed by atoms with Crippen LogP contribution in [0.3, 0.4) is 0 Å². The van der Waals surface area contributed by atoms with E-state index in [-0.39, 0.29) is 29.6 Å². The van der Waals surface area contributed by atoms with Gasteiger partial charge in [-0.1, -0.05) is 6.07 Å². The van der Waals surface area contributed by atoms with E-state index in [2.05, 4.69) is 21.2 Å². The van der Waals surface area contributed by atoms with Gasteiger partial charge in [-0.15, -0.1) is 0 Å². The SMILES string of the molecule is CC(C)OC1COc2c(S(=O)(=O)NC(=O)Nc3c4c(cc5c3CC5)CC4)cnn2C1. The van der Waals surface area contributed by atoms with Gasteiger partial charge >= 0.3 is 6.03 Å². The topological polar surface area (TPSA) is 112 Å². The van der Waals surface area contributed by atoms with Crippen molar-refractivity contribution in [1.29, 1.82) is 0 Å². The molecule has 1 unspecified atom stereocenters. The Morgan fingerprint density at radius 1 is 1.23 bits per heavy atom. The zero-order valence-corrected chi connectivity index (χ0v) is 17.7. The molecule has 30 heavy (non-hydrogen) atoms. The lowest BCUT2D eigenvalue weighted by molar-refractivity contribution is -0.0444. The largest absolute Gasteiger partial charge is 0.474 e. The molecule has 1 aliphatic heterocycles. The minimum Gasteiger partial charge on any atom is -0.474 e. The predicted molar refractivity (Wildman–Crippen MR) is 108 cm³/mol. The minimum absolute atomic E-state index is 0.0248. The molecular formula is C20H24N4O5S. The number of nitrogens with one attached hydrogen (secondary N) is 2. The number of hydrogen-bond donors (Lipinski definition) is 2. The van der Waals surface area contributed by atoms with Crippen molar-refractivity contribution >= 4 is 21.7 Å². The molecule has 2 amide bonds. The first-order chi connectivity index (χ1) is 14.3. The normalized spacial score (nSPS) is 19.0. The summed E-state index contributed by atoms with van der Waals surface area (Å²) in [7, 11) is -4.14. The van der Waals surface area contributed by atoms with Gasteiger partial charge < -0.3 is 14.8 Å². The summed E-state index contributed by atoms with van der Waals surface area (Å²) in [6.07, 6.45) is 4.81. The Balaban J connectivity index is 1.32. The van der Waals surface area contributed by atoms with Crippen molar-refractivity contribution < 1.29 is 22.7 Å².